The highest BCUT2D eigenvalue weighted by molar-refractivity contribution is 6.31. The Morgan fingerprint density at radius 1 is 1.27 bits per heavy atom. The lowest BCUT2D eigenvalue weighted by Gasteiger charge is -1.96. The summed E-state index contributed by atoms with van der Waals surface area (Å²) in [7, 11) is 0. The first-order valence-corrected chi connectivity index (χ1v) is 4.09. The Labute approximate surface area is 73.2 Å². The topological polar surface area (TPSA) is 26.0 Å². The van der Waals surface area contributed by atoms with E-state index in [1.54, 1.807) is 12.1 Å². The van der Waals surface area contributed by atoms with Crippen LogP contribution in [0.4, 0.5) is 5.69 Å². The lowest BCUT2D eigenvalue weighted by molar-refractivity contribution is 1.47. The van der Waals surface area contributed by atoms with Crippen molar-refractivity contribution in [2.45, 2.75) is 20.8 Å². The molecular weight excluding hydrogens is 158 g/mol. The van der Waals surface area contributed by atoms with Gasteiger partial charge in [0.1, 0.15) is 0 Å². The number of benzene rings is 1. The zero-order chi connectivity index (χ0) is 8.85. The predicted molar refractivity (Wildman–Crippen MR) is 51.9 cm³/mol. The van der Waals surface area contributed by atoms with Gasteiger partial charge < -0.3 is 5.73 Å². The molecule has 0 aliphatic rings. The Morgan fingerprint density at radius 2 is 1.82 bits per heavy atom. The van der Waals surface area contributed by atoms with Crippen LogP contribution in [0.1, 0.15) is 19.4 Å². The number of halogens is 1. The van der Waals surface area contributed by atoms with Crippen LogP contribution < -0.4 is 5.73 Å². The molecule has 2 heteroatoms. The Balaban J connectivity index is 0.000000461. The lowest BCUT2D eigenvalue weighted by atomic mass is 10.2. The maximum absolute atomic E-state index is 5.73. The van der Waals surface area contributed by atoms with Crippen molar-refractivity contribution in [3.8, 4) is 0 Å². The molecule has 0 aliphatic heterocycles. The third-order valence-electron chi connectivity index (χ3n) is 1.18. The molecule has 0 atom stereocenters. The van der Waals surface area contributed by atoms with Crippen molar-refractivity contribution >= 4 is 17.3 Å². The Hall–Kier alpha value is -0.690. The van der Waals surface area contributed by atoms with Gasteiger partial charge in [0.05, 0.1) is 0 Å². The molecule has 0 saturated carbocycles. The number of hydrogen-bond acceptors (Lipinski definition) is 1. The first-order chi connectivity index (χ1) is 5.20. The number of hydrogen-bond donors (Lipinski definition) is 1. The maximum atomic E-state index is 5.73. The molecule has 0 saturated heterocycles. The molecule has 11 heavy (non-hydrogen) atoms. The van der Waals surface area contributed by atoms with Crippen LogP contribution in [0.15, 0.2) is 18.2 Å². The zero-order valence-corrected chi connectivity index (χ0v) is 7.94. The smallest absolute Gasteiger partial charge is 0.0436 e. The summed E-state index contributed by atoms with van der Waals surface area (Å²) in [6.45, 7) is 5.93. The summed E-state index contributed by atoms with van der Waals surface area (Å²) in [5, 5.41) is 0.768. The zero-order valence-electron chi connectivity index (χ0n) is 7.19. The Kier molecular flexibility index (Phi) is 4.71. The second kappa shape index (κ2) is 5.03. The first kappa shape index (κ1) is 10.3. The van der Waals surface area contributed by atoms with Gasteiger partial charge in [0.2, 0.25) is 0 Å². The summed E-state index contributed by atoms with van der Waals surface area (Å²) in [5.41, 5.74) is 7.25. The second-order valence-corrected chi connectivity index (χ2v) is 2.42. The highest BCUT2D eigenvalue weighted by Gasteiger charge is 1.91. The van der Waals surface area contributed by atoms with Gasteiger partial charge in [-0.25, -0.2) is 0 Å². The number of anilines is 1. The van der Waals surface area contributed by atoms with Crippen molar-refractivity contribution in [1.29, 1.82) is 0 Å². The number of aryl methyl sites for hydroxylation is 1. The number of rotatable bonds is 0. The van der Waals surface area contributed by atoms with Crippen LogP contribution in [0.2, 0.25) is 5.02 Å². The van der Waals surface area contributed by atoms with Crippen LogP contribution in [0.3, 0.4) is 0 Å². The average Bonchev–Trinajstić information content (AvgIpc) is 2.02. The first-order valence-electron chi connectivity index (χ1n) is 3.72. The Bertz CT molecular complexity index is 221. The molecular formula is C9H14ClN. The summed E-state index contributed by atoms with van der Waals surface area (Å²) in [5.74, 6) is 0. The maximum Gasteiger partial charge on any atom is 0.0436 e. The monoisotopic (exact) mass is 171 g/mol. The normalized spacial score (nSPS) is 8.36. The molecule has 0 unspecified atom stereocenters. The van der Waals surface area contributed by atoms with E-state index in [2.05, 4.69) is 0 Å². The van der Waals surface area contributed by atoms with Crippen molar-refractivity contribution in [1.82, 2.24) is 0 Å². The molecule has 0 aliphatic carbocycles. The Morgan fingerprint density at radius 3 is 2.18 bits per heavy atom. The molecule has 1 nitrogen and oxygen atoms in total. The van der Waals surface area contributed by atoms with E-state index in [1.807, 2.05) is 26.8 Å². The van der Waals surface area contributed by atoms with Crippen molar-refractivity contribution in [3.05, 3.63) is 28.8 Å². The van der Waals surface area contributed by atoms with E-state index in [0.29, 0.717) is 0 Å². The molecule has 1 aromatic rings. The van der Waals surface area contributed by atoms with Gasteiger partial charge in [-0.1, -0.05) is 25.4 Å². The highest BCUT2D eigenvalue weighted by Crippen LogP contribution is 2.16. The van der Waals surface area contributed by atoms with Crippen LogP contribution >= 0.6 is 11.6 Å². The van der Waals surface area contributed by atoms with Gasteiger partial charge in [0.25, 0.3) is 0 Å². The van der Waals surface area contributed by atoms with Crippen LogP contribution in [0.25, 0.3) is 0 Å². The molecule has 0 aromatic heterocycles. The van der Waals surface area contributed by atoms with E-state index in [4.69, 9.17) is 17.3 Å². The van der Waals surface area contributed by atoms with E-state index in [1.165, 1.54) is 0 Å². The third-order valence-corrected chi connectivity index (χ3v) is 1.61. The number of nitrogen functional groups attached to an aromatic ring is 1. The summed E-state index contributed by atoms with van der Waals surface area (Å²) < 4.78 is 0. The highest BCUT2D eigenvalue weighted by atomic mass is 35.5. The lowest BCUT2D eigenvalue weighted by Crippen LogP contribution is -1.84. The van der Waals surface area contributed by atoms with Crippen LogP contribution in [-0.4, -0.2) is 0 Å². The summed E-state index contributed by atoms with van der Waals surface area (Å²) >= 11 is 5.73. The fourth-order valence-corrected chi connectivity index (χ4v) is 0.785. The second-order valence-electron chi connectivity index (χ2n) is 2.01. The van der Waals surface area contributed by atoms with Gasteiger partial charge in [-0.15, -0.1) is 0 Å². The molecule has 2 N–H and O–H groups in total. The molecule has 1 rings (SSSR count). The van der Waals surface area contributed by atoms with E-state index in [-0.39, 0.29) is 0 Å². The van der Waals surface area contributed by atoms with Gasteiger partial charge in [-0.2, -0.15) is 0 Å². The van der Waals surface area contributed by atoms with Crippen molar-refractivity contribution in [3.63, 3.8) is 0 Å². The minimum Gasteiger partial charge on any atom is -0.399 e. The molecule has 0 spiro atoms. The van der Waals surface area contributed by atoms with E-state index in [0.717, 1.165) is 16.3 Å². The van der Waals surface area contributed by atoms with E-state index in [9.17, 15) is 0 Å². The van der Waals surface area contributed by atoms with Gasteiger partial charge in [-0.3, -0.25) is 0 Å². The average molecular weight is 172 g/mol. The van der Waals surface area contributed by atoms with Gasteiger partial charge in [0, 0.05) is 10.7 Å². The largest absolute Gasteiger partial charge is 0.399 e. The third kappa shape index (κ3) is 3.28. The van der Waals surface area contributed by atoms with Crippen molar-refractivity contribution in [2.75, 3.05) is 5.73 Å². The summed E-state index contributed by atoms with van der Waals surface area (Å²) in [6.07, 6.45) is 0. The minimum absolute atomic E-state index is 0.761. The van der Waals surface area contributed by atoms with Crippen LogP contribution in [-0.2, 0) is 0 Å². The summed E-state index contributed by atoms with van der Waals surface area (Å²) in [4.78, 5) is 0. The van der Waals surface area contributed by atoms with Gasteiger partial charge >= 0.3 is 0 Å². The van der Waals surface area contributed by atoms with Crippen LogP contribution in [0, 0.1) is 6.92 Å². The van der Waals surface area contributed by atoms with Crippen LogP contribution in [0.5, 0.6) is 0 Å². The molecule has 0 radical (unpaired) electrons. The fourth-order valence-electron chi connectivity index (χ4n) is 0.668. The molecule has 0 fully saturated rings. The molecule has 62 valence electrons. The molecule has 0 amide bonds. The standard InChI is InChI=1S/C7H8ClN.C2H6/c1-5-4-6(9)2-3-7(5)8;1-2/h2-4H,9H2,1H3;1-2H3. The van der Waals surface area contributed by atoms with Gasteiger partial charge in [0.15, 0.2) is 0 Å². The van der Waals surface area contributed by atoms with E-state index < -0.39 is 0 Å². The van der Waals surface area contributed by atoms with E-state index >= 15 is 0 Å². The quantitative estimate of drug-likeness (QED) is 0.596. The number of nitrogens with two attached hydrogens (primary N) is 1. The SMILES string of the molecule is CC.Cc1cc(N)ccc1Cl. The van der Waals surface area contributed by atoms with Crippen molar-refractivity contribution < 1.29 is 0 Å². The summed E-state index contributed by atoms with van der Waals surface area (Å²) in [6, 6.07) is 5.43. The predicted octanol–water partition coefficient (Wildman–Crippen LogP) is 3.26. The fraction of sp³-hybridized carbons (Fsp3) is 0.333. The minimum atomic E-state index is 0.761. The molecule has 0 heterocycles. The van der Waals surface area contributed by atoms with Gasteiger partial charge in [-0.05, 0) is 30.7 Å². The molecule has 1 aromatic carbocycles. The molecule has 0 bridgehead atoms. The van der Waals surface area contributed by atoms with Crippen molar-refractivity contribution in [2.24, 2.45) is 0 Å².